The van der Waals surface area contributed by atoms with E-state index in [0.717, 1.165) is 18.4 Å². The molecule has 98 valence electrons. The Kier molecular flexibility index (Phi) is 4.70. The lowest BCUT2D eigenvalue weighted by molar-refractivity contribution is -0.134. The smallest absolute Gasteiger partial charge is 0.227 e. The van der Waals surface area contributed by atoms with Crippen LogP contribution in [0.25, 0.3) is 0 Å². The number of aliphatic hydroxyl groups is 1. The number of carbonyl (C=O) groups is 1. The summed E-state index contributed by atoms with van der Waals surface area (Å²) in [4.78, 5) is 18.2. The molecule has 1 saturated carbocycles. The molecule has 4 heteroatoms. The van der Waals surface area contributed by atoms with Gasteiger partial charge < -0.3 is 10.0 Å². The van der Waals surface area contributed by atoms with Crippen LogP contribution < -0.4 is 0 Å². The second-order valence-corrected chi connectivity index (χ2v) is 4.78. The summed E-state index contributed by atoms with van der Waals surface area (Å²) >= 11 is 0. The Morgan fingerprint density at radius 2 is 2.11 bits per heavy atom. The number of aliphatic hydroxyl groups excluding tert-OH is 1. The highest BCUT2D eigenvalue weighted by molar-refractivity contribution is 5.79. The van der Waals surface area contributed by atoms with Crippen molar-refractivity contribution < 1.29 is 9.90 Å². The van der Waals surface area contributed by atoms with Gasteiger partial charge in [0.2, 0.25) is 5.91 Å². The summed E-state index contributed by atoms with van der Waals surface area (Å²) in [6.07, 6.45) is 7.95. The summed E-state index contributed by atoms with van der Waals surface area (Å²) in [6.45, 7) is 0.816. The first-order valence-electron chi connectivity index (χ1n) is 6.60. The average Bonchev–Trinajstić information content (AvgIpc) is 2.33. The molecule has 1 aliphatic carbocycles. The first kappa shape index (κ1) is 13.0. The highest BCUT2D eigenvalue weighted by Crippen LogP contribution is 2.25. The van der Waals surface area contributed by atoms with Gasteiger partial charge in [-0.25, -0.2) is 0 Å². The lowest BCUT2D eigenvalue weighted by Crippen LogP contribution is -2.45. The molecule has 0 radical (unpaired) electrons. The maximum Gasteiger partial charge on any atom is 0.227 e. The molecular formula is C14H20N2O2. The predicted molar refractivity (Wildman–Crippen MR) is 69.0 cm³/mol. The van der Waals surface area contributed by atoms with Crippen LogP contribution in [0, 0.1) is 0 Å². The molecule has 0 spiro atoms. The van der Waals surface area contributed by atoms with Crippen molar-refractivity contribution in [2.45, 2.75) is 38.1 Å². The Balaban J connectivity index is 1.94. The summed E-state index contributed by atoms with van der Waals surface area (Å²) in [5.41, 5.74) is 1.00. The van der Waals surface area contributed by atoms with Gasteiger partial charge in [-0.2, -0.15) is 0 Å². The lowest BCUT2D eigenvalue weighted by Gasteiger charge is -2.37. The van der Waals surface area contributed by atoms with E-state index in [1.54, 1.807) is 12.4 Å². The minimum Gasteiger partial charge on any atom is -0.396 e. The molecule has 1 amide bonds. The van der Waals surface area contributed by atoms with Crippen molar-refractivity contribution in [1.29, 1.82) is 0 Å². The highest BCUT2D eigenvalue weighted by Gasteiger charge is 2.28. The predicted octanol–water partition coefficient (Wildman–Crippen LogP) is 1.39. The molecule has 0 aliphatic heterocycles. The number of hydrogen-bond acceptors (Lipinski definition) is 3. The van der Waals surface area contributed by atoms with Crippen molar-refractivity contribution in [2.75, 3.05) is 13.2 Å². The molecule has 1 aliphatic rings. The van der Waals surface area contributed by atoms with E-state index < -0.39 is 0 Å². The van der Waals surface area contributed by atoms with Gasteiger partial charge in [-0.3, -0.25) is 9.78 Å². The zero-order chi connectivity index (χ0) is 12.8. The van der Waals surface area contributed by atoms with Crippen LogP contribution in [0.5, 0.6) is 0 Å². The Morgan fingerprint density at radius 1 is 1.39 bits per heavy atom. The van der Waals surface area contributed by atoms with Crippen LogP contribution >= 0.6 is 0 Å². The third-order valence-electron chi connectivity index (χ3n) is 3.50. The Labute approximate surface area is 108 Å². The molecular weight excluding hydrogens is 228 g/mol. The summed E-state index contributed by atoms with van der Waals surface area (Å²) in [5.74, 6) is 0.166. The van der Waals surface area contributed by atoms with E-state index >= 15 is 0 Å². The third-order valence-corrected chi connectivity index (χ3v) is 3.50. The monoisotopic (exact) mass is 248 g/mol. The molecule has 1 N–H and O–H groups in total. The van der Waals surface area contributed by atoms with Gasteiger partial charge in [0.15, 0.2) is 0 Å². The van der Waals surface area contributed by atoms with E-state index in [-0.39, 0.29) is 12.5 Å². The van der Waals surface area contributed by atoms with Crippen LogP contribution in [-0.2, 0) is 11.2 Å². The topological polar surface area (TPSA) is 53.4 Å². The summed E-state index contributed by atoms with van der Waals surface area (Å²) in [5, 5.41) is 8.91. The fourth-order valence-electron chi connectivity index (χ4n) is 2.23. The fourth-order valence-corrected chi connectivity index (χ4v) is 2.23. The molecule has 2 rings (SSSR count). The van der Waals surface area contributed by atoms with Crippen molar-refractivity contribution in [3.05, 3.63) is 30.1 Å². The fraction of sp³-hybridized carbons (Fsp3) is 0.571. The first-order chi connectivity index (χ1) is 8.81. The summed E-state index contributed by atoms with van der Waals surface area (Å²) in [7, 11) is 0. The van der Waals surface area contributed by atoms with Crippen molar-refractivity contribution in [3.63, 3.8) is 0 Å². The molecule has 0 aromatic carbocycles. The Morgan fingerprint density at radius 3 is 2.67 bits per heavy atom. The molecule has 4 nitrogen and oxygen atoms in total. The van der Waals surface area contributed by atoms with Gasteiger partial charge in [-0.05, 0) is 43.4 Å². The zero-order valence-electron chi connectivity index (χ0n) is 10.6. The van der Waals surface area contributed by atoms with Crippen molar-refractivity contribution in [2.24, 2.45) is 0 Å². The van der Waals surface area contributed by atoms with E-state index in [9.17, 15) is 4.79 Å². The molecule has 1 heterocycles. The number of hydrogen-bond donors (Lipinski definition) is 1. The van der Waals surface area contributed by atoms with E-state index in [1.165, 1.54) is 6.42 Å². The van der Waals surface area contributed by atoms with Crippen molar-refractivity contribution in [1.82, 2.24) is 9.88 Å². The number of amides is 1. The van der Waals surface area contributed by atoms with Gasteiger partial charge in [0, 0.05) is 31.6 Å². The second kappa shape index (κ2) is 6.50. The van der Waals surface area contributed by atoms with Gasteiger partial charge in [0.05, 0.1) is 6.42 Å². The molecule has 0 unspecified atom stereocenters. The van der Waals surface area contributed by atoms with E-state index in [4.69, 9.17) is 5.11 Å². The quantitative estimate of drug-likeness (QED) is 0.827. The average molecular weight is 248 g/mol. The summed E-state index contributed by atoms with van der Waals surface area (Å²) in [6, 6.07) is 4.15. The number of rotatable bonds is 6. The van der Waals surface area contributed by atoms with E-state index in [0.29, 0.717) is 25.4 Å². The Hall–Kier alpha value is -1.42. The molecule has 18 heavy (non-hydrogen) atoms. The SMILES string of the molecule is O=C(Cc1ccncc1)N(CCCO)C1CCC1. The number of nitrogens with zero attached hydrogens (tertiary/aromatic N) is 2. The van der Waals surface area contributed by atoms with Gasteiger partial charge in [-0.15, -0.1) is 0 Å². The zero-order valence-corrected chi connectivity index (χ0v) is 10.6. The number of pyridine rings is 1. The molecule has 0 bridgehead atoms. The number of carbonyl (C=O) groups excluding carboxylic acids is 1. The molecule has 0 saturated heterocycles. The van der Waals surface area contributed by atoms with Gasteiger partial charge >= 0.3 is 0 Å². The molecule has 0 atom stereocenters. The minimum absolute atomic E-state index is 0.145. The van der Waals surface area contributed by atoms with Crippen LogP contribution in [0.3, 0.4) is 0 Å². The van der Waals surface area contributed by atoms with Crippen LogP contribution in [0.2, 0.25) is 0 Å². The highest BCUT2D eigenvalue weighted by atomic mass is 16.3. The van der Waals surface area contributed by atoms with E-state index in [2.05, 4.69) is 4.98 Å². The first-order valence-corrected chi connectivity index (χ1v) is 6.60. The van der Waals surface area contributed by atoms with Crippen molar-refractivity contribution >= 4 is 5.91 Å². The van der Waals surface area contributed by atoms with Crippen LogP contribution in [0.15, 0.2) is 24.5 Å². The standard InChI is InChI=1S/C14H20N2O2/c17-10-2-9-16(13-3-1-4-13)14(18)11-12-5-7-15-8-6-12/h5-8,13,17H,1-4,9-11H2. The minimum atomic E-state index is 0.145. The summed E-state index contributed by atoms with van der Waals surface area (Å²) < 4.78 is 0. The number of aromatic nitrogens is 1. The maximum atomic E-state index is 12.3. The van der Waals surface area contributed by atoms with Gasteiger partial charge in [0.1, 0.15) is 0 Å². The maximum absolute atomic E-state index is 12.3. The third kappa shape index (κ3) is 3.29. The van der Waals surface area contributed by atoms with Gasteiger partial charge in [0.25, 0.3) is 0 Å². The molecule has 1 aromatic heterocycles. The second-order valence-electron chi connectivity index (χ2n) is 4.78. The largest absolute Gasteiger partial charge is 0.396 e. The molecule has 1 aromatic rings. The van der Waals surface area contributed by atoms with E-state index in [1.807, 2.05) is 17.0 Å². The normalized spacial score (nSPS) is 15.2. The van der Waals surface area contributed by atoms with Crippen molar-refractivity contribution in [3.8, 4) is 0 Å². The molecule has 1 fully saturated rings. The van der Waals surface area contributed by atoms with Gasteiger partial charge in [-0.1, -0.05) is 0 Å². The van der Waals surface area contributed by atoms with Crippen LogP contribution in [-0.4, -0.2) is 40.1 Å². The van der Waals surface area contributed by atoms with Crippen LogP contribution in [0.4, 0.5) is 0 Å². The lowest BCUT2D eigenvalue weighted by atomic mass is 9.91. The Bertz CT molecular complexity index is 377. The van der Waals surface area contributed by atoms with Crippen LogP contribution in [0.1, 0.15) is 31.2 Å².